The smallest absolute Gasteiger partial charge is 0.419 e. The maximum Gasteiger partial charge on any atom is 0.419 e. The molecule has 1 fully saturated rings. The Kier molecular flexibility index (Phi) is 5.91. The van der Waals surface area contributed by atoms with Crippen LogP contribution >= 0.6 is 0 Å². The van der Waals surface area contributed by atoms with Crippen LogP contribution in [0.3, 0.4) is 0 Å². The zero-order valence-corrected chi connectivity index (χ0v) is 18.0. The number of halogens is 1. The Morgan fingerprint density at radius 3 is 2.58 bits per heavy atom. The largest absolute Gasteiger partial charge is 0.496 e. The molecule has 9 nitrogen and oxygen atoms in total. The molecule has 3 aromatic rings. The van der Waals surface area contributed by atoms with Gasteiger partial charge in [-0.3, -0.25) is 4.79 Å². The van der Waals surface area contributed by atoms with E-state index in [4.69, 9.17) is 14.9 Å². The van der Waals surface area contributed by atoms with Crippen LogP contribution in [0.2, 0.25) is 0 Å². The normalized spacial score (nSPS) is 15.5. The summed E-state index contributed by atoms with van der Waals surface area (Å²) in [7, 11) is 2.98. The van der Waals surface area contributed by atoms with E-state index in [-0.39, 0.29) is 17.2 Å². The number of amides is 3. The zero-order valence-electron chi connectivity index (χ0n) is 18.0. The summed E-state index contributed by atoms with van der Waals surface area (Å²) in [5.74, 6) is -0.0808. The number of nitrogens with one attached hydrogen (secondary N) is 1. The quantitative estimate of drug-likeness (QED) is 0.574. The number of carbonyl (C=O) groups is 3. The molecule has 0 radical (unpaired) electrons. The molecule has 4 rings (SSSR count). The monoisotopic (exact) mass is 455 g/mol. The Morgan fingerprint density at radius 1 is 1.21 bits per heavy atom. The molecular weight excluding hydrogens is 433 g/mol. The van der Waals surface area contributed by atoms with Gasteiger partial charge in [-0.15, -0.1) is 0 Å². The molecule has 0 saturated carbocycles. The van der Waals surface area contributed by atoms with Gasteiger partial charge in [-0.05, 0) is 49.2 Å². The van der Waals surface area contributed by atoms with Gasteiger partial charge < -0.3 is 29.8 Å². The summed E-state index contributed by atoms with van der Waals surface area (Å²) in [5.41, 5.74) is 6.82. The molecule has 1 aromatic heterocycles. The molecule has 0 bridgehead atoms. The Balaban J connectivity index is 1.86. The van der Waals surface area contributed by atoms with Crippen LogP contribution in [0.1, 0.15) is 34.8 Å². The molecule has 0 spiro atoms. The second-order valence-corrected chi connectivity index (χ2v) is 7.52. The van der Waals surface area contributed by atoms with E-state index < -0.39 is 24.0 Å². The lowest BCUT2D eigenvalue weighted by Crippen LogP contribution is -2.34. The fraction of sp³-hybridized carbons (Fsp3) is 0.261. The summed E-state index contributed by atoms with van der Waals surface area (Å²) in [6.07, 6.45) is -0.742. The highest BCUT2D eigenvalue weighted by Crippen LogP contribution is 2.43. The van der Waals surface area contributed by atoms with Crippen LogP contribution in [0.15, 0.2) is 40.8 Å². The van der Waals surface area contributed by atoms with Gasteiger partial charge in [0.05, 0.1) is 18.7 Å². The van der Waals surface area contributed by atoms with E-state index in [9.17, 15) is 18.8 Å². The third-order valence-electron chi connectivity index (χ3n) is 5.64. The van der Waals surface area contributed by atoms with Crippen molar-refractivity contribution in [3.05, 3.63) is 53.3 Å². The number of primary amides is 1. The number of carbonyl (C=O) groups excluding carboxylic acids is 3. The number of rotatable bonds is 4. The van der Waals surface area contributed by atoms with Gasteiger partial charge in [0.15, 0.2) is 0 Å². The topological polar surface area (TPSA) is 124 Å². The van der Waals surface area contributed by atoms with Crippen molar-refractivity contribution >= 4 is 29.1 Å². The van der Waals surface area contributed by atoms with Gasteiger partial charge in [-0.25, -0.2) is 14.0 Å². The lowest BCUT2D eigenvalue weighted by Gasteiger charge is -2.24. The van der Waals surface area contributed by atoms with Crippen molar-refractivity contribution in [1.82, 2.24) is 10.2 Å². The molecule has 3 amide bonds. The Morgan fingerprint density at radius 2 is 1.94 bits per heavy atom. The van der Waals surface area contributed by atoms with Crippen molar-refractivity contribution in [2.24, 2.45) is 5.73 Å². The summed E-state index contributed by atoms with van der Waals surface area (Å²) in [4.78, 5) is 37.5. The molecule has 1 unspecified atom stereocenters. The van der Waals surface area contributed by atoms with Gasteiger partial charge in [-0.2, -0.15) is 0 Å². The Bertz CT molecular complexity index is 1240. The van der Waals surface area contributed by atoms with Crippen LogP contribution in [0.4, 0.5) is 14.0 Å². The molecule has 1 saturated heterocycles. The number of hydrogen-bond acceptors (Lipinski definition) is 6. The van der Waals surface area contributed by atoms with Gasteiger partial charge in [0.2, 0.25) is 0 Å². The first-order chi connectivity index (χ1) is 15.8. The molecule has 0 aliphatic carbocycles. The van der Waals surface area contributed by atoms with Crippen LogP contribution in [-0.2, 0) is 4.74 Å². The predicted octanol–water partition coefficient (Wildman–Crippen LogP) is 3.96. The minimum absolute atomic E-state index is 0.278. The fourth-order valence-electron chi connectivity index (χ4n) is 4.18. The minimum atomic E-state index is -1.18. The van der Waals surface area contributed by atoms with Crippen molar-refractivity contribution < 1.29 is 32.7 Å². The highest BCUT2D eigenvalue weighted by Gasteiger charge is 2.35. The third-order valence-corrected chi connectivity index (χ3v) is 5.64. The van der Waals surface area contributed by atoms with E-state index in [1.807, 2.05) is 0 Å². The van der Waals surface area contributed by atoms with Crippen LogP contribution in [0, 0.1) is 5.82 Å². The number of nitrogens with two attached hydrogens (primary N) is 1. The Hall–Kier alpha value is -4.08. The summed E-state index contributed by atoms with van der Waals surface area (Å²) in [6, 6.07) is 8.53. The molecule has 3 N–H and O–H groups in total. The number of furan rings is 1. The van der Waals surface area contributed by atoms with Gasteiger partial charge in [0.25, 0.3) is 5.91 Å². The maximum atomic E-state index is 13.4. The fourth-order valence-corrected chi connectivity index (χ4v) is 4.18. The maximum absolute atomic E-state index is 13.4. The van der Waals surface area contributed by atoms with Crippen LogP contribution in [0.25, 0.3) is 22.3 Å². The molecule has 2 aromatic carbocycles. The predicted molar refractivity (Wildman–Crippen MR) is 116 cm³/mol. The highest BCUT2D eigenvalue weighted by molar-refractivity contribution is 6.11. The zero-order chi connectivity index (χ0) is 23.7. The molecule has 33 heavy (non-hydrogen) atoms. The van der Waals surface area contributed by atoms with E-state index in [1.165, 1.54) is 43.3 Å². The van der Waals surface area contributed by atoms with E-state index in [0.29, 0.717) is 47.2 Å². The van der Waals surface area contributed by atoms with Crippen LogP contribution in [0.5, 0.6) is 5.75 Å². The molecule has 10 heteroatoms. The number of nitrogens with zero attached hydrogens (tertiary/aromatic N) is 1. The first-order valence-corrected chi connectivity index (χ1v) is 10.2. The first kappa shape index (κ1) is 22.1. The molecule has 172 valence electrons. The van der Waals surface area contributed by atoms with Crippen molar-refractivity contribution in [3.63, 3.8) is 0 Å². The first-order valence-electron chi connectivity index (χ1n) is 10.2. The molecule has 1 atom stereocenters. The second kappa shape index (κ2) is 8.81. The average molecular weight is 455 g/mol. The summed E-state index contributed by atoms with van der Waals surface area (Å²) >= 11 is 0. The highest BCUT2D eigenvalue weighted by atomic mass is 19.1. The number of fused-ring (bicyclic) bond motifs is 1. The molecule has 1 aliphatic heterocycles. The van der Waals surface area contributed by atoms with Crippen molar-refractivity contribution in [2.75, 3.05) is 20.7 Å². The van der Waals surface area contributed by atoms with Crippen LogP contribution < -0.4 is 15.8 Å². The second-order valence-electron chi connectivity index (χ2n) is 7.52. The van der Waals surface area contributed by atoms with Crippen molar-refractivity contribution in [3.8, 4) is 17.1 Å². The lowest BCUT2D eigenvalue weighted by molar-refractivity contribution is 0.0964. The summed E-state index contributed by atoms with van der Waals surface area (Å²) in [6.45, 7) is 0.375. The Labute approximate surface area is 188 Å². The number of likely N-dealkylation sites (tertiary alicyclic amines) is 1. The minimum Gasteiger partial charge on any atom is -0.496 e. The van der Waals surface area contributed by atoms with E-state index in [2.05, 4.69) is 10.1 Å². The molecule has 2 heterocycles. The van der Waals surface area contributed by atoms with Gasteiger partial charge in [0, 0.05) is 30.1 Å². The molecular formula is C23H22FN3O6. The van der Waals surface area contributed by atoms with Gasteiger partial charge in [0.1, 0.15) is 22.9 Å². The standard InChI is InChI=1S/C23H22FN3O6/c1-26-21(28)19-15-11-17(31-2)14(16-4-3-9-27(16)23(30)33-22(25)29)10-18(15)32-20(19)12-5-7-13(24)8-6-12/h5-8,10-11,16H,3-4,9H2,1-2H3,(H2,25,29)(H,26,28). The summed E-state index contributed by atoms with van der Waals surface area (Å²) < 4.78 is 29.6. The number of benzene rings is 2. The number of hydrogen-bond donors (Lipinski definition) is 2. The molecule has 1 aliphatic rings. The number of ether oxygens (including phenoxy) is 2. The van der Waals surface area contributed by atoms with Crippen molar-refractivity contribution in [1.29, 1.82) is 0 Å². The van der Waals surface area contributed by atoms with Crippen LogP contribution in [-0.4, -0.2) is 43.7 Å². The van der Waals surface area contributed by atoms with Crippen molar-refractivity contribution in [2.45, 2.75) is 18.9 Å². The van der Waals surface area contributed by atoms with Gasteiger partial charge in [-0.1, -0.05) is 0 Å². The lowest BCUT2D eigenvalue weighted by atomic mass is 9.99. The van der Waals surface area contributed by atoms with E-state index >= 15 is 0 Å². The third kappa shape index (κ3) is 4.07. The summed E-state index contributed by atoms with van der Waals surface area (Å²) in [5, 5.41) is 3.10. The SMILES string of the molecule is CNC(=O)c1c(-c2ccc(F)cc2)oc2cc(C3CCCN3C(=O)OC(N)=O)c(OC)cc12. The van der Waals surface area contributed by atoms with E-state index in [1.54, 1.807) is 12.1 Å². The van der Waals surface area contributed by atoms with E-state index in [0.717, 1.165) is 0 Å². The average Bonchev–Trinajstić information content (AvgIpc) is 3.42. The number of methoxy groups -OCH3 is 1. The van der Waals surface area contributed by atoms with Gasteiger partial charge >= 0.3 is 12.2 Å².